The summed E-state index contributed by atoms with van der Waals surface area (Å²) in [5, 5.41) is 4.71. The molecule has 11 aromatic rings. The summed E-state index contributed by atoms with van der Waals surface area (Å²) < 4.78 is 9.13. The maximum absolute atomic E-state index is 6.66. The van der Waals surface area contributed by atoms with Gasteiger partial charge < -0.3 is 4.42 Å². The van der Waals surface area contributed by atoms with Crippen molar-refractivity contribution in [3.8, 4) is 67.5 Å². The smallest absolute Gasteiger partial charge is 0.164 e. The highest BCUT2D eigenvalue weighted by atomic mass is 32.1. The Morgan fingerprint density at radius 3 is 1.68 bits per heavy atom. The average Bonchev–Trinajstić information content (AvgIpc) is 3.85. The Morgan fingerprint density at radius 1 is 0.339 bits per heavy atom. The topological polar surface area (TPSA) is 51.8 Å². The second-order valence-electron chi connectivity index (χ2n) is 14.0. The fourth-order valence-electron chi connectivity index (χ4n) is 7.83. The van der Waals surface area contributed by atoms with E-state index in [0.717, 1.165) is 66.4 Å². The van der Waals surface area contributed by atoms with Crippen LogP contribution in [0.4, 0.5) is 0 Å². The van der Waals surface area contributed by atoms with E-state index in [0.29, 0.717) is 17.5 Å². The standard InChI is InChI=1S/C51H31N3OS/c1-3-12-32(13-4-1)33-24-26-35(27-25-33)49-52-50(54-51(53-49)38-28-29-42-41-18-7-8-23-45(41)56-46(42)31-38)37-17-9-16-36(30-37)40-20-10-21-43-47-39(34-14-5-2-6-15-34)19-11-22-44(47)55-48(40)43/h1-31H. The molecule has 0 aliphatic heterocycles. The zero-order valence-corrected chi connectivity index (χ0v) is 30.9. The molecule has 0 atom stereocenters. The van der Waals surface area contributed by atoms with Crippen molar-refractivity contribution >= 4 is 53.4 Å². The van der Waals surface area contributed by atoms with E-state index in [9.17, 15) is 0 Å². The fourth-order valence-corrected chi connectivity index (χ4v) is 8.98. The minimum Gasteiger partial charge on any atom is -0.455 e. The van der Waals surface area contributed by atoms with Gasteiger partial charge in [0.05, 0.1) is 0 Å². The highest BCUT2D eigenvalue weighted by Crippen LogP contribution is 2.41. The summed E-state index contributed by atoms with van der Waals surface area (Å²) in [4.78, 5) is 15.4. The quantitative estimate of drug-likeness (QED) is 0.171. The molecule has 0 aliphatic carbocycles. The van der Waals surface area contributed by atoms with E-state index in [-0.39, 0.29) is 0 Å². The van der Waals surface area contributed by atoms with Gasteiger partial charge >= 0.3 is 0 Å². The molecule has 56 heavy (non-hydrogen) atoms. The zero-order valence-electron chi connectivity index (χ0n) is 30.1. The average molecular weight is 734 g/mol. The maximum atomic E-state index is 6.66. The van der Waals surface area contributed by atoms with Gasteiger partial charge in [0.1, 0.15) is 11.2 Å². The monoisotopic (exact) mass is 733 g/mol. The van der Waals surface area contributed by atoms with Crippen molar-refractivity contribution in [2.45, 2.75) is 0 Å². The highest BCUT2D eigenvalue weighted by Gasteiger charge is 2.18. The first-order chi connectivity index (χ1) is 27.7. The largest absolute Gasteiger partial charge is 0.455 e. The number of aromatic nitrogens is 3. The van der Waals surface area contributed by atoms with Crippen molar-refractivity contribution in [2.75, 3.05) is 0 Å². The highest BCUT2D eigenvalue weighted by molar-refractivity contribution is 7.25. The first kappa shape index (κ1) is 32.2. The molecule has 0 unspecified atom stereocenters. The SMILES string of the molecule is c1ccc(-c2ccc(-c3nc(-c4cccc(-c5cccc6c5oc5cccc(-c7ccccc7)c56)c4)nc(-c4ccc5c(c4)sc4ccccc45)n3)cc2)cc1. The molecule has 0 bridgehead atoms. The summed E-state index contributed by atoms with van der Waals surface area (Å²) in [6, 6.07) is 65.6. The van der Waals surface area contributed by atoms with Gasteiger partial charge in [0.2, 0.25) is 0 Å². The van der Waals surface area contributed by atoms with Gasteiger partial charge in [-0.15, -0.1) is 11.3 Å². The van der Waals surface area contributed by atoms with Crippen molar-refractivity contribution in [1.82, 2.24) is 15.0 Å². The lowest BCUT2D eigenvalue weighted by Crippen LogP contribution is -2.00. The van der Waals surface area contributed by atoms with Gasteiger partial charge in [-0.1, -0.05) is 164 Å². The zero-order chi connectivity index (χ0) is 37.0. The normalized spacial score (nSPS) is 11.6. The summed E-state index contributed by atoms with van der Waals surface area (Å²) in [6.07, 6.45) is 0. The van der Waals surface area contributed by atoms with Crippen molar-refractivity contribution in [3.05, 3.63) is 188 Å². The van der Waals surface area contributed by atoms with Crippen LogP contribution < -0.4 is 0 Å². The minimum absolute atomic E-state index is 0.610. The first-order valence-corrected chi connectivity index (χ1v) is 19.5. The van der Waals surface area contributed by atoms with Crippen LogP contribution in [0.15, 0.2) is 192 Å². The fraction of sp³-hybridized carbons (Fsp3) is 0. The molecule has 3 heterocycles. The molecular formula is C51H31N3OS. The number of thiophene rings is 1. The molecule has 0 spiro atoms. The lowest BCUT2D eigenvalue weighted by atomic mass is 9.97. The molecule has 4 nitrogen and oxygen atoms in total. The predicted molar refractivity (Wildman–Crippen MR) is 233 cm³/mol. The van der Waals surface area contributed by atoms with Gasteiger partial charge in [-0.05, 0) is 52.1 Å². The Bertz CT molecular complexity index is 3240. The van der Waals surface area contributed by atoms with E-state index in [1.807, 2.05) is 12.1 Å². The lowest BCUT2D eigenvalue weighted by molar-refractivity contribution is 0.670. The molecule has 262 valence electrons. The number of benzene rings is 8. The Kier molecular flexibility index (Phi) is 7.64. The lowest BCUT2D eigenvalue weighted by Gasteiger charge is -2.10. The van der Waals surface area contributed by atoms with Crippen LogP contribution in [0.2, 0.25) is 0 Å². The third-order valence-corrected chi connectivity index (χ3v) is 11.7. The van der Waals surface area contributed by atoms with E-state index in [4.69, 9.17) is 19.4 Å². The van der Waals surface area contributed by atoms with Crippen LogP contribution in [0, 0.1) is 0 Å². The summed E-state index contributed by atoms with van der Waals surface area (Å²) in [7, 11) is 0. The van der Waals surface area contributed by atoms with Crippen LogP contribution in [0.5, 0.6) is 0 Å². The van der Waals surface area contributed by atoms with Crippen LogP contribution in [0.25, 0.3) is 110 Å². The number of furan rings is 1. The van der Waals surface area contributed by atoms with Crippen LogP contribution in [-0.4, -0.2) is 15.0 Å². The Balaban J connectivity index is 1.05. The van der Waals surface area contributed by atoms with Crippen LogP contribution in [0.1, 0.15) is 0 Å². The third-order valence-electron chi connectivity index (χ3n) is 10.6. The summed E-state index contributed by atoms with van der Waals surface area (Å²) >= 11 is 1.79. The van der Waals surface area contributed by atoms with Gasteiger partial charge in [0, 0.05) is 53.2 Å². The molecule has 0 N–H and O–H groups in total. The number of rotatable bonds is 6. The number of hydrogen-bond donors (Lipinski definition) is 0. The maximum Gasteiger partial charge on any atom is 0.164 e. The first-order valence-electron chi connectivity index (χ1n) is 18.7. The van der Waals surface area contributed by atoms with Crippen molar-refractivity contribution < 1.29 is 4.42 Å². The summed E-state index contributed by atoms with van der Waals surface area (Å²) in [5.41, 5.74) is 11.2. The molecule has 3 aromatic heterocycles. The van der Waals surface area contributed by atoms with Crippen molar-refractivity contribution in [2.24, 2.45) is 0 Å². The molecule has 8 aromatic carbocycles. The number of hydrogen-bond acceptors (Lipinski definition) is 5. The van der Waals surface area contributed by atoms with Gasteiger partial charge in [-0.2, -0.15) is 0 Å². The summed E-state index contributed by atoms with van der Waals surface area (Å²) in [6.45, 7) is 0. The van der Waals surface area contributed by atoms with E-state index < -0.39 is 0 Å². The van der Waals surface area contributed by atoms with Gasteiger partial charge in [-0.25, -0.2) is 15.0 Å². The molecule has 0 aliphatic rings. The van der Waals surface area contributed by atoms with E-state index in [2.05, 4.69) is 176 Å². The van der Waals surface area contributed by atoms with E-state index in [1.54, 1.807) is 11.3 Å². The molecule has 0 amide bonds. The molecule has 0 saturated carbocycles. The third kappa shape index (κ3) is 5.56. The van der Waals surface area contributed by atoms with Crippen molar-refractivity contribution in [1.29, 1.82) is 0 Å². The van der Waals surface area contributed by atoms with E-state index >= 15 is 0 Å². The number of fused-ring (bicyclic) bond motifs is 6. The van der Waals surface area contributed by atoms with Gasteiger partial charge in [0.15, 0.2) is 17.5 Å². The second kappa shape index (κ2) is 13.3. The van der Waals surface area contributed by atoms with E-state index in [1.165, 1.54) is 25.7 Å². The van der Waals surface area contributed by atoms with Crippen molar-refractivity contribution in [3.63, 3.8) is 0 Å². The van der Waals surface area contributed by atoms with Gasteiger partial charge in [0.25, 0.3) is 0 Å². The van der Waals surface area contributed by atoms with Crippen LogP contribution in [0.3, 0.4) is 0 Å². The van der Waals surface area contributed by atoms with Crippen LogP contribution >= 0.6 is 11.3 Å². The molecule has 11 rings (SSSR count). The Labute approximate surface area is 327 Å². The predicted octanol–water partition coefficient (Wildman–Crippen LogP) is 14.1. The Morgan fingerprint density at radius 2 is 0.875 bits per heavy atom. The molecular weight excluding hydrogens is 703 g/mol. The minimum atomic E-state index is 0.610. The molecule has 0 radical (unpaired) electrons. The molecule has 5 heteroatoms. The number of para-hydroxylation sites is 1. The Hall–Kier alpha value is -7.21. The van der Waals surface area contributed by atoms with Crippen LogP contribution in [-0.2, 0) is 0 Å². The summed E-state index contributed by atoms with van der Waals surface area (Å²) in [5.74, 6) is 1.87. The number of nitrogens with zero attached hydrogens (tertiary/aromatic N) is 3. The molecule has 0 fully saturated rings. The second-order valence-corrected chi connectivity index (χ2v) is 15.1. The molecule has 0 saturated heterocycles. The van der Waals surface area contributed by atoms with Gasteiger partial charge in [-0.3, -0.25) is 0 Å².